The van der Waals surface area contributed by atoms with Crippen molar-refractivity contribution in [1.82, 2.24) is 0 Å². The Morgan fingerprint density at radius 3 is 2.67 bits per heavy atom. The molecule has 0 saturated carbocycles. The lowest BCUT2D eigenvalue weighted by molar-refractivity contribution is 0.0995. The Labute approximate surface area is 96.5 Å². The summed E-state index contributed by atoms with van der Waals surface area (Å²) in [4.78, 5) is 11.1. The Morgan fingerprint density at radius 2 is 2.13 bits per heavy atom. The number of amides is 1. The fraction of sp³-hybridized carbons (Fsp3) is 0.222. The molecule has 0 radical (unpaired) electrons. The lowest BCUT2D eigenvalue weighted by atomic mass is 10.2. The van der Waals surface area contributed by atoms with Gasteiger partial charge in [-0.1, -0.05) is 23.2 Å². The third-order valence-electron chi connectivity index (χ3n) is 1.61. The van der Waals surface area contributed by atoms with Crippen LogP contribution in [0, 0.1) is 0 Å². The Morgan fingerprint density at radius 1 is 1.47 bits per heavy atom. The van der Waals surface area contributed by atoms with Crippen LogP contribution in [0.3, 0.4) is 0 Å². The number of rotatable bonds is 4. The lowest BCUT2D eigenvalue weighted by Crippen LogP contribution is -2.15. The predicted octanol–water partition coefficient (Wildman–Crippen LogP) is 1.46. The number of aliphatic hydroxyl groups excluding tert-OH is 1. The summed E-state index contributed by atoms with van der Waals surface area (Å²) in [6.45, 7) is -0.140. The van der Waals surface area contributed by atoms with Gasteiger partial charge in [0.1, 0.15) is 12.4 Å². The molecule has 4 nitrogen and oxygen atoms in total. The minimum absolute atomic E-state index is 0.0386. The van der Waals surface area contributed by atoms with Gasteiger partial charge in [0.25, 0.3) is 5.91 Å². The van der Waals surface area contributed by atoms with E-state index in [-0.39, 0.29) is 29.5 Å². The van der Waals surface area contributed by atoms with Crippen molar-refractivity contribution >= 4 is 29.1 Å². The monoisotopic (exact) mass is 249 g/mol. The van der Waals surface area contributed by atoms with E-state index in [1.807, 2.05) is 0 Å². The fourth-order valence-electron chi connectivity index (χ4n) is 1.06. The van der Waals surface area contributed by atoms with Crippen LogP contribution < -0.4 is 10.5 Å². The molecule has 1 aromatic carbocycles. The molecule has 0 aliphatic rings. The van der Waals surface area contributed by atoms with E-state index in [4.69, 9.17) is 38.8 Å². The zero-order valence-electron chi connectivity index (χ0n) is 7.67. The number of aliphatic hydroxyl groups is 1. The predicted molar refractivity (Wildman–Crippen MR) is 57.6 cm³/mol. The van der Waals surface area contributed by atoms with E-state index in [0.717, 1.165) is 0 Å². The van der Waals surface area contributed by atoms with Gasteiger partial charge >= 0.3 is 0 Å². The zero-order valence-corrected chi connectivity index (χ0v) is 9.18. The number of nitrogens with two attached hydrogens (primary N) is 1. The maximum Gasteiger partial charge on any atom is 0.253 e. The summed E-state index contributed by atoms with van der Waals surface area (Å²) in [5.41, 5.74) is 5.19. The molecular formula is C9H9Cl2NO3. The van der Waals surface area contributed by atoms with Crippen molar-refractivity contribution < 1.29 is 14.6 Å². The molecule has 1 amide bonds. The second kappa shape index (κ2) is 5.21. The van der Waals surface area contributed by atoms with Gasteiger partial charge < -0.3 is 15.6 Å². The first kappa shape index (κ1) is 12.1. The first-order valence-corrected chi connectivity index (χ1v) is 4.84. The van der Waals surface area contributed by atoms with E-state index < -0.39 is 5.91 Å². The van der Waals surface area contributed by atoms with Crippen LogP contribution in [0.15, 0.2) is 12.1 Å². The summed E-state index contributed by atoms with van der Waals surface area (Å²) in [7, 11) is 0. The van der Waals surface area contributed by atoms with Gasteiger partial charge in [0.15, 0.2) is 0 Å². The van der Waals surface area contributed by atoms with Crippen molar-refractivity contribution in [1.29, 1.82) is 0 Å². The number of ether oxygens (including phenoxy) is 1. The second-order valence-corrected chi connectivity index (χ2v) is 3.54. The minimum atomic E-state index is -0.704. The highest BCUT2D eigenvalue weighted by molar-refractivity contribution is 6.37. The van der Waals surface area contributed by atoms with Crippen LogP contribution in [0.4, 0.5) is 0 Å². The van der Waals surface area contributed by atoms with Crippen LogP contribution in [0.1, 0.15) is 10.4 Å². The molecule has 1 rings (SSSR count). The summed E-state index contributed by atoms with van der Waals surface area (Å²) in [6.07, 6.45) is 0. The number of hydrogen-bond donors (Lipinski definition) is 2. The smallest absolute Gasteiger partial charge is 0.253 e. The van der Waals surface area contributed by atoms with Crippen molar-refractivity contribution in [3.05, 3.63) is 27.7 Å². The van der Waals surface area contributed by atoms with Gasteiger partial charge in [-0.3, -0.25) is 4.79 Å². The lowest BCUT2D eigenvalue weighted by Gasteiger charge is -2.10. The van der Waals surface area contributed by atoms with Crippen molar-refractivity contribution in [3.8, 4) is 5.75 Å². The number of carbonyl (C=O) groups is 1. The topological polar surface area (TPSA) is 72.6 Å². The summed E-state index contributed by atoms with van der Waals surface area (Å²) < 4.78 is 5.09. The molecule has 3 N–H and O–H groups in total. The van der Waals surface area contributed by atoms with E-state index in [0.29, 0.717) is 5.02 Å². The van der Waals surface area contributed by atoms with E-state index in [1.165, 1.54) is 12.1 Å². The maximum atomic E-state index is 11.1. The Hall–Kier alpha value is -0.970. The molecule has 0 heterocycles. The molecule has 0 spiro atoms. The van der Waals surface area contributed by atoms with Crippen LogP contribution in [0.25, 0.3) is 0 Å². The fourth-order valence-corrected chi connectivity index (χ4v) is 1.63. The second-order valence-electron chi connectivity index (χ2n) is 2.70. The Bertz CT molecular complexity index is 382. The quantitative estimate of drug-likeness (QED) is 0.849. The number of primary amides is 1. The average Bonchev–Trinajstić information content (AvgIpc) is 2.12. The van der Waals surface area contributed by atoms with Gasteiger partial charge in [-0.25, -0.2) is 0 Å². The molecule has 1 aromatic rings. The molecule has 0 saturated heterocycles. The Kier molecular flexibility index (Phi) is 4.20. The summed E-state index contributed by atoms with van der Waals surface area (Å²) in [5, 5.41) is 9.05. The molecule has 0 fully saturated rings. The molecule has 0 atom stereocenters. The van der Waals surface area contributed by atoms with Gasteiger partial charge in [-0.05, 0) is 12.1 Å². The van der Waals surface area contributed by atoms with Gasteiger partial charge in [0.2, 0.25) is 0 Å². The molecule has 15 heavy (non-hydrogen) atoms. The van der Waals surface area contributed by atoms with Gasteiger partial charge in [-0.2, -0.15) is 0 Å². The third-order valence-corrected chi connectivity index (χ3v) is 2.13. The molecule has 6 heteroatoms. The van der Waals surface area contributed by atoms with Crippen LogP contribution in [-0.4, -0.2) is 24.2 Å². The largest absolute Gasteiger partial charge is 0.490 e. The highest BCUT2D eigenvalue weighted by atomic mass is 35.5. The average molecular weight is 250 g/mol. The van der Waals surface area contributed by atoms with Crippen molar-refractivity contribution in [2.45, 2.75) is 0 Å². The molecule has 82 valence electrons. The van der Waals surface area contributed by atoms with Crippen molar-refractivity contribution in [2.24, 2.45) is 5.73 Å². The first-order chi connectivity index (χ1) is 7.06. The highest BCUT2D eigenvalue weighted by Gasteiger charge is 2.15. The van der Waals surface area contributed by atoms with Crippen LogP contribution >= 0.6 is 23.2 Å². The minimum Gasteiger partial charge on any atom is -0.490 e. The first-order valence-electron chi connectivity index (χ1n) is 4.08. The maximum absolute atomic E-state index is 11.1. The zero-order chi connectivity index (χ0) is 11.4. The standard InChI is InChI=1S/C9H9Cl2NO3/c10-5-3-6(11)8(9(12)14)7(4-5)15-2-1-13/h3-4,13H,1-2H2,(H2,12,14). The van der Waals surface area contributed by atoms with Crippen molar-refractivity contribution in [2.75, 3.05) is 13.2 Å². The van der Waals surface area contributed by atoms with E-state index in [2.05, 4.69) is 0 Å². The normalized spacial score (nSPS) is 10.1. The van der Waals surface area contributed by atoms with Crippen LogP contribution in [0.5, 0.6) is 5.75 Å². The molecule has 0 aliphatic heterocycles. The summed E-state index contributed by atoms with van der Waals surface area (Å²) in [5.74, 6) is -0.529. The van der Waals surface area contributed by atoms with E-state index >= 15 is 0 Å². The molecule has 0 unspecified atom stereocenters. The van der Waals surface area contributed by atoms with Crippen LogP contribution in [-0.2, 0) is 0 Å². The number of hydrogen-bond acceptors (Lipinski definition) is 3. The molecular weight excluding hydrogens is 241 g/mol. The van der Waals surface area contributed by atoms with E-state index in [1.54, 1.807) is 0 Å². The van der Waals surface area contributed by atoms with E-state index in [9.17, 15) is 4.79 Å². The molecule has 0 aromatic heterocycles. The molecule has 0 aliphatic carbocycles. The Balaban J connectivity index is 3.14. The SMILES string of the molecule is NC(=O)c1c(Cl)cc(Cl)cc1OCCO. The highest BCUT2D eigenvalue weighted by Crippen LogP contribution is 2.30. The van der Waals surface area contributed by atoms with Crippen molar-refractivity contribution in [3.63, 3.8) is 0 Å². The van der Waals surface area contributed by atoms with Gasteiger partial charge in [-0.15, -0.1) is 0 Å². The van der Waals surface area contributed by atoms with Gasteiger partial charge in [0, 0.05) is 5.02 Å². The summed E-state index contributed by atoms with van der Waals surface area (Å²) in [6, 6.07) is 2.82. The number of benzene rings is 1. The number of carbonyl (C=O) groups excluding carboxylic acids is 1. The number of halogens is 2. The van der Waals surface area contributed by atoms with Crippen LogP contribution in [0.2, 0.25) is 10.0 Å². The molecule has 0 bridgehead atoms. The third kappa shape index (κ3) is 2.99. The summed E-state index contributed by atoms with van der Waals surface area (Å²) >= 11 is 11.5. The van der Waals surface area contributed by atoms with Gasteiger partial charge in [0.05, 0.1) is 17.2 Å².